The lowest BCUT2D eigenvalue weighted by Gasteiger charge is -2.35. The van der Waals surface area contributed by atoms with Crippen molar-refractivity contribution in [1.29, 1.82) is 0 Å². The largest absolute Gasteiger partial charge is 0.363 e. The summed E-state index contributed by atoms with van der Waals surface area (Å²) >= 11 is 7.24. The summed E-state index contributed by atoms with van der Waals surface area (Å²) in [5, 5.41) is 6.30. The number of nitrogens with one attached hydrogen (secondary N) is 1. The SMILES string of the molecule is CCNC(=S)N1CCc2sccc2C1C. The molecule has 1 atom stereocenters. The van der Waals surface area contributed by atoms with Crippen LogP contribution >= 0.6 is 23.6 Å². The maximum Gasteiger partial charge on any atom is 0.169 e. The number of hydrogen-bond acceptors (Lipinski definition) is 2. The summed E-state index contributed by atoms with van der Waals surface area (Å²) in [6.45, 7) is 6.25. The highest BCUT2D eigenvalue weighted by Crippen LogP contribution is 2.32. The summed E-state index contributed by atoms with van der Waals surface area (Å²) in [5.41, 5.74) is 1.45. The molecule has 1 aromatic heterocycles. The van der Waals surface area contributed by atoms with Crippen LogP contribution < -0.4 is 5.32 Å². The van der Waals surface area contributed by atoms with Crippen LogP contribution in [0.2, 0.25) is 0 Å². The lowest BCUT2D eigenvalue weighted by atomic mass is 10.0. The van der Waals surface area contributed by atoms with Crippen molar-refractivity contribution >= 4 is 28.7 Å². The molecule has 1 aromatic rings. The Hall–Kier alpha value is -0.610. The average Bonchev–Trinajstić information content (AvgIpc) is 2.67. The molecule has 4 heteroatoms. The van der Waals surface area contributed by atoms with E-state index in [-0.39, 0.29) is 0 Å². The number of hydrogen-bond donors (Lipinski definition) is 1. The third-order valence-corrected chi connectivity index (χ3v) is 4.24. The average molecular weight is 240 g/mol. The number of rotatable bonds is 1. The minimum atomic E-state index is 0.423. The normalized spacial score (nSPS) is 19.9. The van der Waals surface area contributed by atoms with Gasteiger partial charge in [0.2, 0.25) is 0 Å². The van der Waals surface area contributed by atoms with E-state index in [1.807, 2.05) is 11.3 Å². The maximum absolute atomic E-state index is 5.37. The summed E-state index contributed by atoms with van der Waals surface area (Å²) in [6.07, 6.45) is 1.13. The van der Waals surface area contributed by atoms with Crippen LogP contribution in [0.15, 0.2) is 11.4 Å². The quantitative estimate of drug-likeness (QED) is 0.760. The Morgan fingerprint density at radius 2 is 2.53 bits per heavy atom. The predicted molar refractivity (Wildman–Crippen MR) is 69.4 cm³/mol. The van der Waals surface area contributed by atoms with E-state index in [9.17, 15) is 0 Å². The first kappa shape index (κ1) is 10.9. The van der Waals surface area contributed by atoms with Crippen LogP contribution in [-0.4, -0.2) is 23.1 Å². The van der Waals surface area contributed by atoms with Crippen LogP contribution in [0.5, 0.6) is 0 Å². The van der Waals surface area contributed by atoms with Gasteiger partial charge in [-0.05, 0) is 49.5 Å². The summed E-state index contributed by atoms with van der Waals surface area (Å²) < 4.78 is 0. The topological polar surface area (TPSA) is 15.3 Å². The van der Waals surface area contributed by atoms with Crippen LogP contribution in [-0.2, 0) is 6.42 Å². The molecule has 0 aliphatic carbocycles. The van der Waals surface area contributed by atoms with Gasteiger partial charge in [0.15, 0.2) is 5.11 Å². The van der Waals surface area contributed by atoms with E-state index < -0.39 is 0 Å². The first-order valence-corrected chi connectivity index (χ1v) is 6.63. The molecular formula is C11H16N2S2. The Morgan fingerprint density at radius 3 is 3.27 bits per heavy atom. The first-order chi connectivity index (χ1) is 7.24. The minimum Gasteiger partial charge on any atom is -0.363 e. The van der Waals surface area contributed by atoms with Crippen LogP contribution in [0.3, 0.4) is 0 Å². The molecule has 0 amide bonds. The second-order valence-corrected chi connectivity index (χ2v) is 5.14. The molecule has 0 spiro atoms. The van der Waals surface area contributed by atoms with E-state index >= 15 is 0 Å². The molecule has 1 aliphatic rings. The number of thiocarbonyl (C=S) groups is 1. The van der Waals surface area contributed by atoms with Gasteiger partial charge in [0, 0.05) is 18.0 Å². The van der Waals surface area contributed by atoms with Crippen molar-refractivity contribution in [3.05, 3.63) is 21.9 Å². The lowest BCUT2D eigenvalue weighted by Crippen LogP contribution is -2.44. The van der Waals surface area contributed by atoms with E-state index in [2.05, 4.69) is 35.5 Å². The van der Waals surface area contributed by atoms with Gasteiger partial charge in [0.25, 0.3) is 0 Å². The van der Waals surface area contributed by atoms with Crippen molar-refractivity contribution in [1.82, 2.24) is 10.2 Å². The van der Waals surface area contributed by atoms with Crippen molar-refractivity contribution in [3.63, 3.8) is 0 Å². The summed E-state index contributed by atoms with van der Waals surface area (Å²) in [4.78, 5) is 3.81. The van der Waals surface area contributed by atoms with Crippen LogP contribution in [0.25, 0.3) is 0 Å². The predicted octanol–water partition coefficient (Wildman–Crippen LogP) is 2.56. The van der Waals surface area contributed by atoms with Gasteiger partial charge in [-0.15, -0.1) is 11.3 Å². The zero-order valence-corrected chi connectivity index (χ0v) is 10.8. The van der Waals surface area contributed by atoms with Crippen molar-refractivity contribution in [2.75, 3.05) is 13.1 Å². The second-order valence-electron chi connectivity index (χ2n) is 3.75. The molecule has 0 radical (unpaired) electrons. The maximum atomic E-state index is 5.37. The van der Waals surface area contributed by atoms with E-state index in [4.69, 9.17) is 12.2 Å². The first-order valence-electron chi connectivity index (χ1n) is 5.34. The summed E-state index contributed by atoms with van der Waals surface area (Å²) in [5.74, 6) is 0. The minimum absolute atomic E-state index is 0.423. The van der Waals surface area contributed by atoms with E-state index in [1.54, 1.807) is 0 Å². The highest BCUT2D eigenvalue weighted by molar-refractivity contribution is 7.80. The third kappa shape index (κ3) is 2.01. The van der Waals surface area contributed by atoms with E-state index in [0.717, 1.165) is 24.6 Å². The summed E-state index contributed by atoms with van der Waals surface area (Å²) in [7, 11) is 0. The van der Waals surface area contributed by atoms with Gasteiger partial charge in [-0.25, -0.2) is 0 Å². The van der Waals surface area contributed by atoms with E-state index in [1.165, 1.54) is 10.4 Å². The van der Waals surface area contributed by atoms with Gasteiger partial charge >= 0.3 is 0 Å². The summed E-state index contributed by atoms with van der Waals surface area (Å²) in [6, 6.07) is 2.65. The van der Waals surface area contributed by atoms with Crippen LogP contribution in [0, 0.1) is 0 Å². The highest BCUT2D eigenvalue weighted by atomic mass is 32.1. The smallest absolute Gasteiger partial charge is 0.169 e. The van der Waals surface area contributed by atoms with Crippen molar-refractivity contribution in [2.45, 2.75) is 26.3 Å². The molecule has 0 fully saturated rings. The fraction of sp³-hybridized carbons (Fsp3) is 0.545. The number of fused-ring (bicyclic) bond motifs is 1. The molecule has 0 aromatic carbocycles. The standard InChI is InChI=1S/C11H16N2S2/c1-3-12-11(14)13-6-4-10-9(8(13)2)5-7-15-10/h5,7-8H,3-4,6H2,1-2H3,(H,12,14). The van der Waals surface area contributed by atoms with Crippen LogP contribution in [0.4, 0.5) is 0 Å². The molecule has 2 rings (SSSR count). The molecule has 2 nitrogen and oxygen atoms in total. The molecule has 15 heavy (non-hydrogen) atoms. The van der Waals surface area contributed by atoms with Gasteiger partial charge in [-0.3, -0.25) is 0 Å². The molecule has 1 unspecified atom stereocenters. The Balaban J connectivity index is 2.16. The lowest BCUT2D eigenvalue weighted by molar-refractivity contribution is 0.318. The van der Waals surface area contributed by atoms with Gasteiger partial charge < -0.3 is 10.2 Å². The van der Waals surface area contributed by atoms with Gasteiger partial charge in [0.1, 0.15) is 0 Å². The van der Waals surface area contributed by atoms with E-state index in [0.29, 0.717) is 6.04 Å². The monoisotopic (exact) mass is 240 g/mol. The molecule has 0 bridgehead atoms. The fourth-order valence-corrected chi connectivity index (χ4v) is 3.40. The Bertz CT molecular complexity index is 359. The number of nitrogens with zero attached hydrogens (tertiary/aromatic N) is 1. The zero-order chi connectivity index (χ0) is 10.8. The Kier molecular flexibility index (Phi) is 3.26. The third-order valence-electron chi connectivity index (χ3n) is 2.87. The zero-order valence-electron chi connectivity index (χ0n) is 9.12. The molecule has 0 saturated carbocycles. The highest BCUT2D eigenvalue weighted by Gasteiger charge is 2.25. The molecule has 2 heterocycles. The Labute approximate surface area is 100 Å². The van der Waals surface area contributed by atoms with Crippen LogP contribution in [0.1, 0.15) is 30.3 Å². The molecule has 0 saturated heterocycles. The molecular weight excluding hydrogens is 224 g/mol. The van der Waals surface area contributed by atoms with Crippen molar-refractivity contribution in [2.24, 2.45) is 0 Å². The number of thiophene rings is 1. The van der Waals surface area contributed by atoms with Gasteiger partial charge in [-0.1, -0.05) is 0 Å². The molecule has 1 aliphatic heterocycles. The van der Waals surface area contributed by atoms with Gasteiger partial charge in [-0.2, -0.15) is 0 Å². The Morgan fingerprint density at radius 1 is 1.73 bits per heavy atom. The van der Waals surface area contributed by atoms with Crippen molar-refractivity contribution < 1.29 is 0 Å². The molecule has 1 N–H and O–H groups in total. The molecule has 82 valence electrons. The van der Waals surface area contributed by atoms with Gasteiger partial charge in [0.05, 0.1) is 6.04 Å². The van der Waals surface area contributed by atoms with Crippen molar-refractivity contribution in [3.8, 4) is 0 Å². The fourth-order valence-electron chi connectivity index (χ4n) is 2.04. The second kappa shape index (κ2) is 4.49.